The smallest absolute Gasteiger partial charge is 0.250 e. The van der Waals surface area contributed by atoms with Gasteiger partial charge in [0, 0.05) is 18.6 Å². The van der Waals surface area contributed by atoms with E-state index in [2.05, 4.69) is 15.1 Å². The van der Waals surface area contributed by atoms with Crippen LogP contribution < -0.4 is 4.74 Å². The molecule has 0 aliphatic carbocycles. The molecule has 0 unspecified atom stereocenters. The summed E-state index contributed by atoms with van der Waals surface area (Å²) in [6.07, 6.45) is 6.08. The zero-order valence-electron chi connectivity index (χ0n) is 11.7. The number of aromatic hydroxyl groups is 1. The van der Waals surface area contributed by atoms with Crippen molar-refractivity contribution in [2.75, 3.05) is 7.11 Å². The van der Waals surface area contributed by atoms with E-state index in [4.69, 9.17) is 4.74 Å². The number of phenols is 1. The molecule has 0 radical (unpaired) electrons. The van der Waals surface area contributed by atoms with Gasteiger partial charge in [-0.3, -0.25) is 4.79 Å². The number of phenolic OH excluding ortho intramolecular Hbond substituents is 1. The highest BCUT2D eigenvalue weighted by molar-refractivity contribution is 6.10. The van der Waals surface area contributed by atoms with Crippen molar-refractivity contribution >= 4 is 5.78 Å². The normalized spacial score (nSPS) is 10.4. The average molecular weight is 296 g/mol. The van der Waals surface area contributed by atoms with Crippen LogP contribution in [0.3, 0.4) is 0 Å². The van der Waals surface area contributed by atoms with Crippen LogP contribution in [0.2, 0.25) is 0 Å². The van der Waals surface area contributed by atoms with Crippen LogP contribution in [0.25, 0.3) is 5.95 Å². The molecule has 22 heavy (non-hydrogen) atoms. The first-order valence-electron chi connectivity index (χ1n) is 6.43. The molecule has 7 nitrogen and oxygen atoms in total. The average Bonchev–Trinajstić information content (AvgIpc) is 3.05. The van der Waals surface area contributed by atoms with E-state index in [1.54, 1.807) is 24.5 Å². The molecule has 0 bridgehead atoms. The highest BCUT2D eigenvalue weighted by atomic mass is 16.5. The van der Waals surface area contributed by atoms with E-state index in [-0.39, 0.29) is 17.1 Å². The van der Waals surface area contributed by atoms with Crippen LogP contribution in [0.1, 0.15) is 15.9 Å². The third-order valence-electron chi connectivity index (χ3n) is 3.05. The molecular weight excluding hydrogens is 284 g/mol. The highest BCUT2D eigenvalue weighted by Crippen LogP contribution is 2.25. The first kappa shape index (κ1) is 13.7. The highest BCUT2D eigenvalue weighted by Gasteiger charge is 2.17. The standard InChI is InChI=1S/C15H12N4O3/c1-22-11-3-4-13(20)12(7-11)14(21)10-8-18-19(9-10)15-16-5-2-6-17-15/h2-9,20H,1H3. The van der Waals surface area contributed by atoms with E-state index >= 15 is 0 Å². The molecule has 0 saturated heterocycles. The second-order valence-electron chi connectivity index (χ2n) is 4.43. The summed E-state index contributed by atoms with van der Waals surface area (Å²) in [5.41, 5.74) is 0.462. The zero-order chi connectivity index (χ0) is 15.5. The third-order valence-corrected chi connectivity index (χ3v) is 3.05. The lowest BCUT2D eigenvalue weighted by atomic mass is 10.1. The summed E-state index contributed by atoms with van der Waals surface area (Å²) in [5.74, 6) is 0.365. The SMILES string of the molecule is COc1ccc(O)c(C(=O)c2cnn(-c3ncccn3)c2)c1. The zero-order valence-corrected chi connectivity index (χ0v) is 11.7. The lowest BCUT2D eigenvalue weighted by Gasteiger charge is -2.05. The molecule has 0 saturated carbocycles. The minimum atomic E-state index is -0.362. The molecule has 2 aromatic heterocycles. The molecule has 2 heterocycles. The lowest BCUT2D eigenvalue weighted by molar-refractivity contribution is 0.103. The van der Waals surface area contributed by atoms with Crippen LogP contribution >= 0.6 is 0 Å². The number of carbonyl (C=O) groups is 1. The Balaban J connectivity index is 1.95. The molecule has 1 N–H and O–H groups in total. The Morgan fingerprint density at radius 1 is 1.27 bits per heavy atom. The summed E-state index contributed by atoms with van der Waals surface area (Å²) in [4.78, 5) is 20.6. The third kappa shape index (κ3) is 2.51. The maximum Gasteiger partial charge on any atom is 0.250 e. The van der Waals surface area contributed by atoms with Gasteiger partial charge in [-0.2, -0.15) is 5.10 Å². The van der Waals surface area contributed by atoms with E-state index in [0.717, 1.165) is 0 Å². The number of methoxy groups -OCH3 is 1. The fourth-order valence-corrected chi connectivity index (χ4v) is 1.94. The van der Waals surface area contributed by atoms with Crippen molar-refractivity contribution in [1.29, 1.82) is 0 Å². The van der Waals surface area contributed by atoms with Crippen LogP contribution in [0.15, 0.2) is 49.1 Å². The number of rotatable bonds is 4. The van der Waals surface area contributed by atoms with Gasteiger partial charge in [-0.25, -0.2) is 14.6 Å². The maximum absolute atomic E-state index is 12.5. The minimum absolute atomic E-state index is 0.116. The Hall–Kier alpha value is -3.22. The molecule has 3 aromatic rings. The van der Waals surface area contributed by atoms with Gasteiger partial charge < -0.3 is 9.84 Å². The number of aromatic nitrogens is 4. The summed E-state index contributed by atoms with van der Waals surface area (Å²) in [5, 5.41) is 13.9. The Kier molecular flexibility index (Phi) is 3.53. The molecule has 0 fully saturated rings. The first-order valence-corrected chi connectivity index (χ1v) is 6.43. The quantitative estimate of drug-likeness (QED) is 0.736. The van der Waals surface area contributed by atoms with E-state index in [9.17, 15) is 9.90 Å². The number of nitrogens with zero attached hydrogens (tertiary/aromatic N) is 4. The van der Waals surface area contributed by atoms with Gasteiger partial charge in [-0.1, -0.05) is 0 Å². The molecule has 0 spiro atoms. The Bertz CT molecular complexity index is 815. The first-order chi connectivity index (χ1) is 10.7. The summed E-state index contributed by atoms with van der Waals surface area (Å²) in [6.45, 7) is 0. The van der Waals surface area contributed by atoms with E-state index < -0.39 is 0 Å². The van der Waals surface area contributed by atoms with Crippen molar-refractivity contribution in [1.82, 2.24) is 19.7 Å². The summed E-state index contributed by atoms with van der Waals surface area (Å²) >= 11 is 0. The van der Waals surface area contributed by atoms with Crippen molar-refractivity contribution in [3.63, 3.8) is 0 Å². The second kappa shape index (κ2) is 5.65. The largest absolute Gasteiger partial charge is 0.507 e. The van der Waals surface area contributed by atoms with E-state index in [1.807, 2.05) is 0 Å². The molecule has 0 aliphatic heterocycles. The lowest BCUT2D eigenvalue weighted by Crippen LogP contribution is -2.02. The molecule has 3 rings (SSSR count). The second-order valence-corrected chi connectivity index (χ2v) is 4.43. The van der Waals surface area contributed by atoms with Crippen molar-refractivity contribution in [3.8, 4) is 17.4 Å². The molecule has 0 aliphatic rings. The predicted molar refractivity (Wildman–Crippen MR) is 77.2 cm³/mol. The molecule has 0 atom stereocenters. The van der Waals surface area contributed by atoms with Gasteiger partial charge in [-0.15, -0.1) is 0 Å². The number of hydrogen-bond acceptors (Lipinski definition) is 6. The summed E-state index contributed by atoms with van der Waals surface area (Å²) in [6, 6.07) is 6.16. The fraction of sp³-hybridized carbons (Fsp3) is 0.0667. The Labute approximate surface area is 125 Å². The van der Waals surface area contributed by atoms with Crippen LogP contribution in [0, 0.1) is 0 Å². The van der Waals surface area contributed by atoms with Crippen molar-refractivity contribution < 1.29 is 14.6 Å². The monoisotopic (exact) mass is 296 g/mol. The van der Waals surface area contributed by atoms with Crippen molar-refractivity contribution in [2.24, 2.45) is 0 Å². The van der Waals surface area contributed by atoms with E-state index in [0.29, 0.717) is 17.3 Å². The van der Waals surface area contributed by atoms with Crippen molar-refractivity contribution in [3.05, 3.63) is 60.2 Å². The summed E-state index contributed by atoms with van der Waals surface area (Å²) in [7, 11) is 1.49. The molecular formula is C15H12N4O3. The van der Waals surface area contributed by atoms with E-state index in [1.165, 1.54) is 36.3 Å². The van der Waals surface area contributed by atoms with Crippen molar-refractivity contribution in [2.45, 2.75) is 0 Å². The van der Waals surface area contributed by atoms with Crippen LogP contribution in [-0.2, 0) is 0 Å². The van der Waals surface area contributed by atoms with Gasteiger partial charge in [-0.05, 0) is 24.3 Å². The number of benzene rings is 1. The minimum Gasteiger partial charge on any atom is -0.507 e. The Morgan fingerprint density at radius 2 is 2.05 bits per heavy atom. The Morgan fingerprint density at radius 3 is 2.77 bits per heavy atom. The molecule has 7 heteroatoms. The van der Waals surface area contributed by atoms with Gasteiger partial charge in [0.15, 0.2) is 5.78 Å². The molecule has 0 amide bonds. The fourth-order valence-electron chi connectivity index (χ4n) is 1.94. The number of ketones is 1. The van der Waals surface area contributed by atoms with Crippen LogP contribution in [0.5, 0.6) is 11.5 Å². The number of hydrogen-bond donors (Lipinski definition) is 1. The van der Waals surface area contributed by atoms with Gasteiger partial charge in [0.05, 0.1) is 24.4 Å². The number of carbonyl (C=O) groups excluding carboxylic acids is 1. The molecule has 1 aromatic carbocycles. The van der Waals surface area contributed by atoms with Gasteiger partial charge >= 0.3 is 0 Å². The summed E-state index contributed by atoms with van der Waals surface area (Å²) < 4.78 is 6.46. The van der Waals surface area contributed by atoms with Gasteiger partial charge in [0.1, 0.15) is 11.5 Å². The predicted octanol–water partition coefficient (Wildman–Crippen LogP) is 1.61. The topological polar surface area (TPSA) is 90.1 Å². The van der Waals surface area contributed by atoms with Crippen LogP contribution in [0.4, 0.5) is 0 Å². The number of ether oxygens (including phenoxy) is 1. The van der Waals surface area contributed by atoms with Gasteiger partial charge in [0.25, 0.3) is 0 Å². The molecule has 110 valence electrons. The van der Waals surface area contributed by atoms with Crippen LogP contribution in [-0.4, -0.2) is 37.7 Å². The maximum atomic E-state index is 12.5. The van der Waals surface area contributed by atoms with Gasteiger partial charge in [0.2, 0.25) is 5.95 Å².